The number of nitrogens with zero attached hydrogens (tertiary/aromatic N) is 1. The number of benzene rings is 1. The Morgan fingerprint density at radius 1 is 1.18 bits per heavy atom. The van der Waals surface area contributed by atoms with Crippen LogP contribution in [0.3, 0.4) is 0 Å². The molecule has 1 aromatic rings. The van der Waals surface area contributed by atoms with Crippen LogP contribution in [0.5, 0.6) is 0 Å². The molecule has 0 amide bonds. The molecule has 0 aliphatic heterocycles. The third-order valence-electron chi connectivity index (χ3n) is 4.42. The maximum Gasteiger partial charge on any atom is 0.199 e. The Balaban J connectivity index is 1.71. The van der Waals surface area contributed by atoms with Crippen LogP contribution in [-0.2, 0) is 0 Å². The third-order valence-corrected chi connectivity index (χ3v) is 4.42. The molecule has 0 atom stereocenters. The van der Waals surface area contributed by atoms with Crippen LogP contribution < -0.4 is 0 Å². The molecule has 3 heteroatoms. The molecule has 116 valence electrons. The van der Waals surface area contributed by atoms with Crippen molar-refractivity contribution in [1.29, 1.82) is 5.26 Å². The molecule has 2 rings (SSSR count). The molecule has 0 saturated heterocycles. The van der Waals surface area contributed by atoms with Gasteiger partial charge < -0.3 is 0 Å². The molecule has 1 aliphatic carbocycles. The Labute approximate surface area is 131 Å². The summed E-state index contributed by atoms with van der Waals surface area (Å²) in [6.45, 7) is 0. The molecule has 1 saturated carbocycles. The van der Waals surface area contributed by atoms with Crippen LogP contribution in [-0.4, -0.2) is 0 Å². The van der Waals surface area contributed by atoms with Crippen molar-refractivity contribution in [1.82, 2.24) is 0 Å². The Hall–Kier alpha value is -1.95. The van der Waals surface area contributed by atoms with Gasteiger partial charge in [0.05, 0.1) is 0 Å². The highest BCUT2D eigenvalue weighted by atomic mass is 19.1. The first-order valence-corrected chi connectivity index (χ1v) is 7.87. The van der Waals surface area contributed by atoms with Crippen LogP contribution in [0.2, 0.25) is 0 Å². The third kappa shape index (κ3) is 5.11. The first kappa shape index (κ1) is 16.4. The van der Waals surface area contributed by atoms with E-state index in [1.807, 2.05) is 18.2 Å². The Morgan fingerprint density at radius 2 is 1.86 bits per heavy atom. The van der Waals surface area contributed by atoms with Gasteiger partial charge in [0.1, 0.15) is 11.9 Å². The fourth-order valence-electron chi connectivity index (χ4n) is 3.14. The molecular weight excluding hydrogens is 280 g/mol. The molecule has 0 aromatic heterocycles. The minimum atomic E-state index is -0.754. The van der Waals surface area contributed by atoms with Gasteiger partial charge in [-0.2, -0.15) is 9.65 Å². The molecule has 22 heavy (non-hydrogen) atoms. The van der Waals surface area contributed by atoms with Crippen LogP contribution in [0.1, 0.15) is 50.0 Å². The van der Waals surface area contributed by atoms with Gasteiger partial charge in [-0.25, -0.2) is 4.39 Å². The van der Waals surface area contributed by atoms with E-state index in [9.17, 15) is 8.78 Å². The Morgan fingerprint density at radius 3 is 2.50 bits per heavy atom. The lowest BCUT2D eigenvalue weighted by molar-refractivity contribution is 0.312. The van der Waals surface area contributed by atoms with Crippen LogP contribution >= 0.6 is 0 Å². The summed E-state index contributed by atoms with van der Waals surface area (Å²) in [6, 6.07) is 8.34. The minimum Gasteiger partial charge on any atom is -0.207 e. The summed E-state index contributed by atoms with van der Waals surface area (Å²) in [7, 11) is 0. The second kappa shape index (κ2) is 8.48. The van der Waals surface area contributed by atoms with E-state index in [-0.39, 0.29) is 5.82 Å². The van der Waals surface area contributed by atoms with Crippen molar-refractivity contribution in [3.8, 4) is 6.07 Å². The van der Waals surface area contributed by atoms with Gasteiger partial charge in [-0.15, -0.1) is 0 Å². The summed E-state index contributed by atoms with van der Waals surface area (Å²) >= 11 is 0. The average molecular weight is 301 g/mol. The monoisotopic (exact) mass is 301 g/mol. The largest absolute Gasteiger partial charge is 0.207 e. The Kier molecular flexibility index (Phi) is 6.33. The Bertz CT molecular complexity index is 558. The number of hydrogen-bond acceptors (Lipinski definition) is 1. The molecule has 0 bridgehead atoms. The zero-order valence-corrected chi connectivity index (χ0v) is 12.6. The van der Waals surface area contributed by atoms with Gasteiger partial charge in [0.2, 0.25) is 0 Å². The topological polar surface area (TPSA) is 23.8 Å². The quantitative estimate of drug-likeness (QED) is 0.497. The number of allylic oxidation sites excluding steroid dienone is 4. The molecule has 0 radical (unpaired) electrons. The minimum absolute atomic E-state index is 0.175. The number of nitriles is 1. The van der Waals surface area contributed by atoms with E-state index in [4.69, 9.17) is 5.26 Å². The van der Waals surface area contributed by atoms with E-state index >= 15 is 0 Å². The maximum atomic E-state index is 12.9. The SMILES string of the molecule is N#CC(F)=CC=CCC[C@H]1CC[C@H](c2ccc(F)cc2)CC1. The maximum absolute atomic E-state index is 12.9. The predicted molar refractivity (Wildman–Crippen MR) is 84.3 cm³/mol. The van der Waals surface area contributed by atoms with Crippen molar-refractivity contribution >= 4 is 0 Å². The standard InChI is InChI=1S/C19H21F2N/c20-18-12-10-17(11-13-18)16-8-6-15(7-9-16)4-2-1-3-5-19(21)14-22/h1,3,5,10-13,15-16H,2,4,6-9H2/t15-,16-. The molecular formula is C19H21F2N. The van der Waals surface area contributed by atoms with E-state index < -0.39 is 5.83 Å². The lowest BCUT2D eigenvalue weighted by atomic mass is 9.77. The summed E-state index contributed by atoms with van der Waals surface area (Å²) in [5.41, 5.74) is 1.25. The van der Waals surface area contributed by atoms with E-state index in [0.717, 1.165) is 25.7 Å². The fourth-order valence-corrected chi connectivity index (χ4v) is 3.14. The second-order valence-corrected chi connectivity index (χ2v) is 5.90. The van der Waals surface area contributed by atoms with Crippen molar-refractivity contribution in [2.24, 2.45) is 5.92 Å². The number of hydrogen-bond donors (Lipinski definition) is 0. The molecule has 0 heterocycles. The summed E-state index contributed by atoms with van der Waals surface area (Å²) in [5.74, 6) is 0.341. The van der Waals surface area contributed by atoms with Crippen molar-refractivity contribution in [3.05, 3.63) is 59.7 Å². The predicted octanol–water partition coefficient (Wildman–Crippen LogP) is 5.81. The van der Waals surface area contributed by atoms with Crippen LogP contribution in [0, 0.1) is 23.1 Å². The van der Waals surface area contributed by atoms with Crippen LogP contribution in [0.4, 0.5) is 8.78 Å². The molecule has 1 aromatic carbocycles. The highest BCUT2D eigenvalue weighted by Gasteiger charge is 2.21. The average Bonchev–Trinajstić information content (AvgIpc) is 2.55. The van der Waals surface area contributed by atoms with Crippen molar-refractivity contribution < 1.29 is 8.78 Å². The molecule has 0 spiro atoms. The van der Waals surface area contributed by atoms with Crippen molar-refractivity contribution in [2.75, 3.05) is 0 Å². The summed E-state index contributed by atoms with van der Waals surface area (Å²) in [6.07, 6.45) is 11.5. The molecule has 0 N–H and O–H groups in total. The second-order valence-electron chi connectivity index (χ2n) is 5.90. The molecule has 1 fully saturated rings. The van der Waals surface area contributed by atoms with Crippen molar-refractivity contribution in [2.45, 2.75) is 44.4 Å². The molecule has 1 nitrogen and oxygen atoms in total. The lowest BCUT2D eigenvalue weighted by Crippen LogP contribution is -2.13. The van der Waals surface area contributed by atoms with Crippen molar-refractivity contribution in [3.63, 3.8) is 0 Å². The van der Waals surface area contributed by atoms with E-state index in [1.165, 1.54) is 30.6 Å². The normalized spacial score (nSPS) is 22.7. The fraction of sp³-hybridized carbons (Fsp3) is 0.421. The zero-order valence-electron chi connectivity index (χ0n) is 12.6. The first-order valence-electron chi connectivity index (χ1n) is 7.87. The number of halogens is 2. The first-order chi connectivity index (χ1) is 10.7. The summed E-state index contributed by atoms with van der Waals surface area (Å²) in [4.78, 5) is 0. The van der Waals surface area contributed by atoms with Gasteiger partial charge in [-0.1, -0.05) is 24.3 Å². The zero-order chi connectivity index (χ0) is 15.8. The summed E-state index contributed by atoms with van der Waals surface area (Å²) < 4.78 is 25.5. The molecule has 1 aliphatic rings. The van der Waals surface area contributed by atoms with Crippen LogP contribution in [0.15, 0.2) is 48.3 Å². The van der Waals surface area contributed by atoms with Gasteiger partial charge in [-0.3, -0.25) is 0 Å². The van der Waals surface area contributed by atoms with E-state index in [2.05, 4.69) is 0 Å². The van der Waals surface area contributed by atoms with Gasteiger partial charge in [0.15, 0.2) is 5.83 Å². The molecule has 0 unspecified atom stereocenters. The van der Waals surface area contributed by atoms with Crippen LogP contribution in [0.25, 0.3) is 0 Å². The van der Waals surface area contributed by atoms with Gasteiger partial charge in [-0.05, 0) is 74.1 Å². The van der Waals surface area contributed by atoms with Gasteiger partial charge >= 0.3 is 0 Å². The summed E-state index contributed by atoms with van der Waals surface area (Å²) in [5, 5.41) is 8.28. The lowest BCUT2D eigenvalue weighted by Gasteiger charge is -2.28. The highest BCUT2D eigenvalue weighted by molar-refractivity contribution is 5.21. The highest BCUT2D eigenvalue weighted by Crippen LogP contribution is 2.37. The van der Waals surface area contributed by atoms with Gasteiger partial charge in [0, 0.05) is 0 Å². The number of rotatable bonds is 5. The van der Waals surface area contributed by atoms with E-state index in [1.54, 1.807) is 18.2 Å². The smallest absolute Gasteiger partial charge is 0.199 e. The van der Waals surface area contributed by atoms with E-state index in [0.29, 0.717) is 11.8 Å². The van der Waals surface area contributed by atoms with Gasteiger partial charge in [0.25, 0.3) is 0 Å².